The van der Waals surface area contributed by atoms with Crippen LogP contribution in [0.3, 0.4) is 0 Å². The van der Waals surface area contributed by atoms with E-state index in [1.54, 1.807) is 11.6 Å². The van der Waals surface area contributed by atoms with E-state index in [4.69, 9.17) is 11.6 Å². The van der Waals surface area contributed by atoms with Crippen LogP contribution in [-0.4, -0.2) is 15.7 Å². The van der Waals surface area contributed by atoms with E-state index in [-0.39, 0.29) is 10.6 Å². The smallest absolute Gasteiger partial charge is 0.258 e. The molecular weight excluding hydrogens is 329 g/mol. The zero-order chi connectivity index (χ0) is 17.3. The molecule has 0 aliphatic carbocycles. The summed E-state index contributed by atoms with van der Waals surface area (Å²) in [6, 6.07) is 13.5. The average molecular weight is 344 g/mol. The minimum Gasteiger partial charge on any atom is -0.319 e. The topological polar surface area (TPSA) is 46.9 Å². The van der Waals surface area contributed by atoms with Crippen molar-refractivity contribution >= 4 is 23.2 Å². The maximum atomic E-state index is 13.9. The van der Waals surface area contributed by atoms with Gasteiger partial charge in [-0.15, -0.1) is 0 Å². The highest BCUT2D eigenvalue weighted by molar-refractivity contribution is 6.30. The molecule has 2 aromatic carbocycles. The molecule has 0 saturated heterocycles. The first-order chi connectivity index (χ1) is 11.5. The number of aryl methyl sites for hydroxylation is 1. The van der Waals surface area contributed by atoms with Gasteiger partial charge in [-0.1, -0.05) is 29.8 Å². The number of carbonyl (C=O) groups excluding carboxylic acids is 1. The molecule has 1 heterocycles. The van der Waals surface area contributed by atoms with Gasteiger partial charge in [-0.2, -0.15) is 5.10 Å². The Hall–Kier alpha value is -2.66. The van der Waals surface area contributed by atoms with Crippen molar-refractivity contribution < 1.29 is 9.18 Å². The molecule has 24 heavy (non-hydrogen) atoms. The third kappa shape index (κ3) is 3.03. The molecule has 1 aromatic heterocycles. The minimum atomic E-state index is -0.661. The second kappa shape index (κ2) is 6.45. The number of carbonyl (C=O) groups is 1. The number of para-hydroxylation sites is 1. The van der Waals surface area contributed by atoms with Crippen molar-refractivity contribution in [3.63, 3.8) is 0 Å². The van der Waals surface area contributed by atoms with Crippen LogP contribution < -0.4 is 5.32 Å². The molecule has 0 radical (unpaired) electrons. The van der Waals surface area contributed by atoms with Gasteiger partial charge in [0.25, 0.3) is 5.91 Å². The Morgan fingerprint density at radius 2 is 1.88 bits per heavy atom. The largest absolute Gasteiger partial charge is 0.319 e. The summed E-state index contributed by atoms with van der Waals surface area (Å²) in [5.41, 5.74) is 2.81. The highest BCUT2D eigenvalue weighted by Crippen LogP contribution is 2.24. The van der Waals surface area contributed by atoms with Crippen LogP contribution in [0.1, 0.15) is 21.7 Å². The quantitative estimate of drug-likeness (QED) is 0.759. The third-order valence-electron chi connectivity index (χ3n) is 3.71. The van der Waals surface area contributed by atoms with Gasteiger partial charge in [0.15, 0.2) is 0 Å². The molecule has 0 aliphatic heterocycles. The van der Waals surface area contributed by atoms with Gasteiger partial charge in [0.1, 0.15) is 5.82 Å². The van der Waals surface area contributed by atoms with Gasteiger partial charge >= 0.3 is 0 Å². The Bertz CT molecular complexity index is 906. The number of nitrogens with one attached hydrogen (secondary N) is 1. The van der Waals surface area contributed by atoms with E-state index >= 15 is 0 Å². The second-order valence-electron chi connectivity index (χ2n) is 5.37. The van der Waals surface area contributed by atoms with Gasteiger partial charge in [0.2, 0.25) is 0 Å². The standard InChI is InChI=1S/C18H15ClFN3O/c1-11-17(12(2)23(22-11)14-6-4-3-5-7-14)21-18(24)15-9-8-13(19)10-16(15)20/h3-10H,1-2H3,(H,21,24). The molecule has 1 N–H and O–H groups in total. The maximum absolute atomic E-state index is 13.9. The van der Waals surface area contributed by atoms with E-state index < -0.39 is 11.7 Å². The molecule has 0 aliphatic rings. The lowest BCUT2D eigenvalue weighted by Crippen LogP contribution is -2.15. The fourth-order valence-corrected chi connectivity index (χ4v) is 2.66. The Labute approximate surface area is 143 Å². The number of nitrogens with zero attached hydrogens (tertiary/aromatic N) is 2. The summed E-state index contributed by atoms with van der Waals surface area (Å²) in [5.74, 6) is -1.20. The van der Waals surface area contributed by atoms with Crippen LogP contribution in [-0.2, 0) is 0 Å². The first-order valence-corrected chi connectivity index (χ1v) is 7.73. The average Bonchev–Trinajstić information content (AvgIpc) is 2.83. The lowest BCUT2D eigenvalue weighted by Gasteiger charge is -2.08. The maximum Gasteiger partial charge on any atom is 0.258 e. The summed E-state index contributed by atoms with van der Waals surface area (Å²) in [7, 11) is 0. The molecule has 4 nitrogen and oxygen atoms in total. The monoisotopic (exact) mass is 343 g/mol. The Kier molecular flexibility index (Phi) is 4.36. The van der Waals surface area contributed by atoms with Crippen LogP contribution in [0.2, 0.25) is 5.02 Å². The normalized spacial score (nSPS) is 10.7. The molecule has 1 amide bonds. The fourth-order valence-electron chi connectivity index (χ4n) is 2.50. The number of aromatic nitrogens is 2. The van der Waals surface area contributed by atoms with Gasteiger partial charge in [-0.05, 0) is 44.2 Å². The molecular formula is C18H15ClFN3O. The van der Waals surface area contributed by atoms with Crippen molar-refractivity contribution in [1.29, 1.82) is 0 Å². The molecule has 3 aromatic rings. The highest BCUT2D eigenvalue weighted by Gasteiger charge is 2.18. The van der Waals surface area contributed by atoms with E-state index in [1.807, 2.05) is 37.3 Å². The van der Waals surface area contributed by atoms with Crippen LogP contribution in [0.15, 0.2) is 48.5 Å². The molecule has 0 atom stereocenters. The van der Waals surface area contributed by atoms with Crippen molar-refractivity contribution in [2.45, 2.75) is 13.8 Å². The minimum absolute atomic E-state index is 0.0642. The SMILES string of the molecule is Cc1nn(-c2ccccc2)c(C)c1NC(=O)c1ccc(Cl)cc1F. The van der Waals surface area contributed by atoms with Gasteiger partial charge in [0, 0.05) is 5.02 Å². The van der Waals surface area contributed by atoms with Crippen molar-refractivity contribution in [1.82, 2.24) is 9.78 Å². The van der Waals surface area contributed by atoms with Crippen molar-refractivity contribution in [2.75, 3.05) is 5.32 Å². The van der Waals surface area contributed by atoms with Crippen LogP contribution in [0.4, 0.5) is 10.1 Å². The molecule has 3 rings (SSSR count). The number of hydrogen-bond donors (Lipinski definition) is 1. The number of halogens is 2. The van der Waals surface area contributed by atoms with E-state index in [9.17, 15) is 9.18 Å². The summed E-state index contributed by atoms with van der Waals surface area (Å²) in [5, 5.41) is 7.43. The molecule has 0 saturated carbocycles. The first-order valence-electron chi connectivity index (χ1n) is 7.35. The molecule has 0 unspecified atom stereocenters. The van der Waals surface area contributed by atoms with E-state index in [0.29, 0.717) is 11.4 Å². The second-order valence-corrected chi connectivity index (χ2v) is 5.81. The molecule has 6 heteroatoms. The van der Waals surface area contributed by atoms with Crippen molar-refractivity contribution in [3.8, 4) is 5.69 Å². The molecule has 0 spiro atoms. The third-order valence-corrected chi connectivity index (χ3v) is 3.94. The summed E-state index contributed by atoms with van der Waals surface area (Å²) in [6.45, 7) is 3.64. The van der Waals surface area contributed by atoms with Crippen LogP contribution in [0.5, 0.6) is 0 Å². The highest BCUT2D eigenvalue weighted by atomic mass is 35.5. The Morgan fingerprint density at radius 1 is 1.17 bits per heavy atom. The number of hydrogen-bond acceptors (Lipinski definition) is 2. The predicted octanol–water partition coefficient (Wildman–Crippen LogP) is 4.53. The van der Waals surface area contributed by atoms with E-state index in [2.05, 4.69) is 10.4 Å². The molecule has 122 valence electrons. The van der Waals surface area contributed by atoms with Crippen molar-refractivity contribution in [2.24, 2.45) is 0 Å². The lowest BCUT2D eigenvalue weighted by atomic mass is 10.2. The molecule has 0 bridgehead atoms. The lowest BCUT2D eigenvalue weighted by molar-refractivity contribution is 0.102. The van der Waals surface area contributed by atoms with Gasteiger partial charge in [-0.25, -0.2) is 9.07 Å². The molecule has 0 fully saturated rings. The van der Waals surface area contributed by atoms with Crippen LogP contribution >= 0.6 is 11.6 Å². The predicted molar refractivity (Wildman–Crippen MR) is 92.4 cm³/mol. The summed E-state index contributed by atoms with van der Waals surface area (Å²) in [6.07, 6.45) is 0. The summed E-state index contributed by atoms with van der Waals surface area (Å²) in [4.78, 5) is 12.4. The number of amides is 1. The zero-order valence-corrected chi connectivity index (χ0v) is 13.9. The van der Waals surface area contributed by atoms with Crippen molar-refractivity contribution in [3.05, 3.63) is 76.3 Å². The summed E-state index contributed by atoms with van der Waals surface area (Å²) >= 11 is 5.72. The fraction of sp³-hybridized carbons (Fsp3) is 0.111. The van der Waals surface area contributed by atoms with Gasteiger partial charge in [0.05, 0.1) is 28.3 Å². The van der Waals surface area contributed by atoms with Crippen LogP contribution in [0, 0.1) is 19.7 Å². The number of anilines is 1. The number of rotatable bonds is 3. The van der Waals surface area contributed by atoms with Gasteiger partial charge in [-0.3, -0.25) is 4.79 Å². The Morgan fingerprint density at radius 3 is 2.54 bits per heavy atom. The van der Waals surface area contributed by atoms with Crippen LogP contribution in [0.25, 0.3) is 5.69 Å². The Balaban J connectivity index is 1.93. The van der Waals surface area contributed by atoms with E-state index in [0.717, 1.165) is 17.4 Å². The zero-order valence-electron chi connectivity index (χ0n) is 13.2. The van der Waals surface area contributed by atoms with Gasteiger partial charge < -0.3 is 5.32 Å². The number of benzene rings is 2. The van der Waals surface area contributed by atoms with E-state index in [1.165, 1.54) is 12.1 Å². The first kappa shape index (κ1) is 16.2. The summed E-state index contributed by atoms with van der Waals surface area (Å²) < 4.78 is 15.6.